The number of hydrogen-bond acceptors (Lipinski definition) is 3. The van der Waals surface area contributed by atoms with E-state index in [-0.39, 0.29) is 5.92 Å². The number of aromatic nitrogens is 1. The lowest BCUT2D eigenvalue weighted by Gasteiger charge is -2.44. The first-order chi connectivity index (χ1) is 10.1. The van der Waals surface area contributed by atoms with Gasteiger partial charge in [-0.3, -0.25) is 0 Å². The molecule has 1 aromatic heterocycles. The van der Waals surface area contributed by atoms with Crippen LogP contribution in [0, 0.1) is 5.41 Å². The highest BCUT2D eigenvalue weighted by Crippen LogP contribution is 2.52. The number of thiazole rings is 1. The number of rotatable bonds is 3. The second-order valence-corrected chi connectivity index (χ2v) is 8.84. The van der Waals surface area contributed by atoms with E-state index in [1.54, 1.807) is 18.3 Å². The summed E-state index contributed by atoms with van der Waals surface area (Å²) in [7, 11) is 0. The van der Waals surface area contributed by atoms with E-state index in [1.807, 2.05) is 33.8 Å². The summed E-state index contributed by atoms with van der Waals surface area (Å²) in [6.07, 6.45) is 1.64. The van der Waals surface area contributed by atoms with E-state index in [0.717, 1.165) is 10.4 Å². The molecule has 6 heteroatoms. The first-order valence-electron chi connectivity index (χ1n) is 6.86. The molecule has 0 aliphatic carbocycles. The minimum absolute atomic E-state index is 0.256. The largest absolute Gasteiger partial charge is 0.383 e. The van der Waals surface area contributed by atoms with E-state index in [9.17, 15) is 5.11 Å². The molecule has 0 saturated heterocycles. The Labute approximate surface area is 150 Å². The maximum atomic E-state index is 11.6. The molecule has 0 radical (unpaired) electrons. The van der Waals surface area contributed by atoms with Gasteiger partial charge in [-0.05, 0) is 23.1 Å². The molecule has 0 spiro atoms. The minimum atomic E-state index is -1.16. The van der Waals surface area contributed by atoms with E-state index in [1.165, 1.54) is 11.3 Å². The molecule has 0 aliphatic rings. The molecule has 0 bridgehead atoms. The molecule has 0 amide bonds. The Morgan fingerprint density at radius 3 is 2.27 bits per heavy atom. The summed E-state index contributed by atoms with van der Waals surface area (Å²) in [6, 6.07) is 5.33. The van der Waals surface area contributed by atoms with Crippen LogP contribution in [0.2, 0.25) is 14.5 Å². The highest BCUT2D eigenvalue weighted by Gasteiger charge is 2.48. The smallest absolute Gasteiger partial charge is 0.183 e. The van der Waals surface area contributed by atoms with E-state index in [2.05, 4.69) is 4.98 Å². The topological polar surface area (TPSA) is 33.1 Å². The molecule has 2 rings (SSSR count). The third-order valence-corrected chi connectivity index (χ3v) is 5.85. The van der Waals surface area contributed by atoms with E-state index in [4.69, 9.17) is 34.8 Å². The fraction of sp³-hybridized carbons (Fsp3) is 0.438. The summed E-state index contributed by atoms with van der Waals surface area (Å²) in [5.74, 6) is -0.256. The van der Waals surface area contributed by atoms with Crippen LogP contribution in [-0.2, 0) is 5.60 Å². The molecule has 2 nitrogen and oxygen atoms in total. The van der Waals surface area contributed by atoms with Gasteiger partial charge in [-0.15, -0.1) is 11.3 Å². The zero-order valence-corrected chi connectivity index (χ0v) is 15.9. The zero-order chi connectivity index (χ0) is 16.7. The zero-order valence-electron chi connectivity index (χ0n) is 12.8. The Morgan fingerprint density at radius 1 is 1.18 bits per heavy atom. The van der Waals surface area contributed by atoms with E-state index in [0.29, 0.717) is 14.5 Å². The van der Waals surface area contributed by atoms with Gasteiger partial charge in [0.15, 0.2) is 4.47 Å². The van der Waals surface area contributed by atoms with E-state index < -0.39 is 11.0 Å². The van der Waals surface area contributed by atoms with E-state index >= 15 is 0 Å². The lowest BCUT2D eigenvalue weighted by molar-refractivity contribution is -0.0805. The Morgan fingerprint density at radius 2 is 1.82 bits per heavy atom. The average molecular weight is 379 g/mol. The lowest BCUT2D eigenvalue weighted by atomic mass is 9.67. The highest BCUT2D eigenvalue weighted by molar-refractivity contribution is 7.15. The Kier molecular flexibility index (Phi) is 5.15. The molecule has 0 saturated carbocycles. The van der Waals surface area contributed by atoms with Crippen molar-refractivity contribution in [3.05, 3.63) is 49.3 Å². The molecule has 2 unspecified atom stereocenters. The molecule has 22 heavy (non-hydrogen) atoms. The van der Waals surface area contributed by atoms with Crippen molar-refractivity contribution in [2.75, 3.05) is 0 Å². The predicted molar refractivity (Wildman–Crippen MR) is 95.4 cm³/mol. The average Bonchev–Trinajstić information content (AvgIpc) is 2.82. The van der Waals surface area contributed by atoms with Crippen molar-refractivity contribution in [3.8, 4) is 0 Å². The minimum Gasteiger partial charge on any atom is -0.383 e. The van der Waals surface area contributed by atoms with Gasteiger partial charge in [-0.25, -0.2) is 4.98 Å². The second-order valence-electron chi connectivity index (χ2n) is 6.38. The van der Waals surface area contributed by atoms with Gasteiger partial charge >= 0.3 is 0 Å². The quantitative estimate of drug-likeness (QED) is 0.695. The predicted octanol–water partition coefficient (Wildman–Crippen LogP) is 6.14. The normalized spacial score (nSPS) is 16.4. The highest BCUT2D eigenvalue weighted by atomic mass is 35.5. The molecule has 1 aromatic carbocycles. The summed E-state index contributed by atoms with van der Waals surface area (Å²) < 4.78 is 0.409. The van der Waals surface area contributed by atoms with Crippen molar-refractivity contribution in [1.29, 1.82) is 0 Å². The van der Waals surface area contributed by atoms with Crippen molar-refractivity contribution in [1.82, 2.24) is 4.98 Å². The van der Waals surface area contributed by atoms with Gasteiger partial charge in [0.25, 0.3) is 0 Å². The van der Waals surface area contributed by atoms with Crippen LogP contribution >= 0.6 is 46.1 Å². The van der Waals surface area contributed by atoms with Gasteiger partial charge in [0, 0.05) is 22.2 Å². The molecule has 120 valence electrons. The molecule has 1 N–H and O–H groups in total. The molecule has 0 fully saturated rings. The van der Waals surface area contributed by atoms with Crippen LogP contribution < -0.4 is 0 Å². The van der Waals surface area contributed by atoms with Gasteiger partial charge in [0.2, 0.25) is 0 Å². The number of halogens is 3. The standard InChI is InChI=1S/C16H18Cl3NOS/c1-9(11-6-5-10(17)7-12(11)18)16(21,15(2,3)4)13-8-20-14(19)22-13/h5-9,21H,1-4H3. The molecule has 0 aliphatic heterocycles. The van der Waals surface area contributed by atoms with Crippen LogP contribution in [0.4, 0.5) is 0 Å². The number of aliphatic hydroxyl groups is 1. The molecule has 1 heterocycles. The fourth-order valence-corrected chi connectivity index (χ4v) is 4.64. The van der Waals surface area contributed by atoms with Crippen molar-refractivity contribution >= 4 is 46.1 Å². The van der Waals surface area contributed by atoms with Crippen LogP contribution in [0.15, 0.2) is 24.4 Å². The summed E-state index contributed by atoms with van der Waals surface area (Å²) in [4.78, 5) is 4.80. The van der Waals surface area contributed by atoms with Gasteiger partial charge in [-0.2, -0.15) is 0 Å². The molecular formula is C16H18Cl3NOS. The second kappa shape index (κ2) is 6.29. The SMILES string of the molecule is CC(c1ccc(Cl)cc1Cl)C(O)(c1cnc(Cl)s1)C(C)(C)C. The first-order valence-corrected chi connectivity index (χ1v) is 8.81. The van der Waals surface area contributed by atoms with Gasteiger partial charge in [0.05, 0.1) is 4.88 Å². The third-order valence-electron chi connectivity index (χ3n) is 4.05. The Hall–Kier alpha value is -0.320. The monoisotopic (exact) mass is 377 g/mol. The van der Waals surface area contributed by atoms with Crippen LogP contribution in [0.1, 0.15) is 44.1 Å². The number of nitrogens with zero attached hydrogens (tertiary/aromatic N) is 1. The maximum absolute atomic E-state index is 11.6. The number of hydrogen-bond donors (Lipinski definition) is 1. The lowest BCUT2D eigenvalue weighted by Crippen LogP contribution is -2.44. The van der Waals surface area contributed by atoms with Crippen LogP contribution in [0.3, 0.4) is 0 Å². The summed E-state index contributed by atoms with van der Waals surface area (Å²) >= 11 is 19.6. The maximum Gasteiger partial charge on any atom is 0.183 e. The van der Waals surface area contributed by atoms with Crippen molar-refractivity contribution in [2.45, 2.75) is 39.2 Å². The van der Waals surface area contributed by atoms with Gasteiger partial charge < -0.3 is 5.11 Å². The molecular weight excluding hydrogens is 361 g/mol. The van der Waals surface area contributed by atoms with Crippen molar-refractivity contribution < 1.29 is 5.11 Å². The fourth-order valence-electron chi connectivity index (χ4n) is 2.74. The Balaban J connectivity index is 2.59. The van der Waals surface area contributed by atoms with Crippen LogP contribution in [0.5, 0.6) is 0 Å². The number of benzene rings is 1. The summed E-state index contributed by atoms with van der Waals surface area (Å²) in [5, 5.41) is 12.7. The molecule has 2 aromatic rings. The van der Waals surface area contributed by atoms with Gasteiger partial charge in [-0.1, -0.05) is 68.6 Å². The first kappa shape index (κ1) is 18.0. The summed E-state index contributed by atoms with van der Waals surface area (Å²) in [5.41, 5.74) is -0.756. The van der Waals surface area contributed by atoms with Gasteiger partial charge in [0.1, 0.15) is 5.60 Å². The Bertz CT molecular complexity index is 680. The molecule has 2 atom stereocenters. The van der Waals surface area contributed by atoms with Crippen molar-refractivity contribution in [3.63, 3.8) is 0 Å². The van der Waals surface area contributed by atoms with Crippen molar-refractivity contribution in [2.24, 2.45) is 5.41 Å². The third kappa shape index (κ3) is 3.15. The van der Waals surface area contributed by atoms with Crippen LogP contribution in [0.25, 0.3) is 0 Å². The summed E-state index contributed by atoms with van der Waals surface area (Å²) in [6.45, 7) is 7.91. The van der Waals surface area contributed by atoms with Crippen LogP contribution in [-0.4, -0.2) is 10.1 Å².